The first kappa shape index (κ1) is 19.6. The fourth-order valence-corrected chi connectivity index (χ4v) is 1.49. The van der Waals surface area contributed by atoms with Crippen LogP contribution in [0.3, 0.4) is 0 Å². The number of nitrogens with zero attached hydrogens (tertiary/aromatic N) is 4. The van der Waals surface area contributed by atoms with Crippen molar-refractivity contribution in [2.75, 3.05) is 34.8 Å². The lowest BCUT2D eigenvalue weighted by Crippen LogP contribution is -2.09. The van der Waals surface area contributed by atoms with E-state index in [4.69, 9.17) is 19.9 Å². The van der Waals surface area contributed by atoms with Crippen molar-refractivity contribution in [3.05, 3.63) is 0 Å². The minimum absolute atomic E-state index is 0.295. The number of rotatable bonds is 4. The standard InChI is InChI=1S/C5H11N2O2P.C3H7N2O2P/c1-4-9-10(8,5-6)7(2)3;1-5(2)8(6,7)3-4/h4H2,1-3H3;1-2H3,(H,6,7). The van der Waals surface area contributed by atoms with Gasteiger partial charge < -0.3 is 9.42 Å². The van der Waals surface area contributed by atoms with E-state index in [9.17, 15) is 9.13 Å². The molecule has 0 spiro atoms. The number of hydrogen-bond acceptors (Lipinski definition) is 5. The molecule has 0 radical (unpaired) electrons. The van der Waals surface area contributed by atoms with E-state index >= 15 is 0 Å². The fraction of sp³-hybridized carbons (Fsp3) is 0.750. The molecule has 104 valence electrons. The van der Waals surface area contributed by atoms with Gasteiger partial charge in [0.1, 0.15) is 0 Å². The average molecular weight is 296 g/mol. The summed E-state index contributed by atoms with van der Waals surface area (Å²) in [5.41, 5.74) is 0. The maximum Gasteiger partial charge on any atom is 0.370 e. The van der Waals surface area contributed by atoms with Crippen LogP contribution in [-0.2, 0) is 13.7 Å². The van der Waals surface area contributed by atoms with Gasteiger partial charge in [-0.2, -0.15) is 10.5 Å². The molecule has 0 saturated carbocycles. The normalized spacial score (nSPS) is 16.8. The molecular weight excluding hydrogens is 278 g/mol. The summed E-state index contributed by atoms with van der Waals surface area (Å²) in [6, 6.07) is 0. The number of hydrogen-bond donors (Lipinski definition) is 1. The van der Waals surface area contributed by atoms with Crippen molar-refractivity contribution in [2.24, 2.45) is 0 Å². The molecule has 0 bridgehead atoms. The predicted molar refractivity (Wildman–Crippen MR) is 67.7 cm³/mol. The molecule has 0 saturated heterocycles. The predicted octanol–water partition coefficient (Wildman–Crippen LogP) is 1.47. The van der Waals surface area contributed by atoms with E-state index < -0.39 is 15.0 Å². The van der Waals surface area contributed by atoms with Gasteiger partial charge in [0.05, 0.1) is 6.61 Å². The molecule has 1 N–H and O–H groups in total. The van der Waals surface area contributed by atoms with Gasteiger partial charge in [0.15, 0.2) is 11.6 Å². The summed E-state index contributed by atoms with van der Waals surface area (Å²) in [5.74, 6) is 2.92. The molecule has 0 heterocycles. The van der Waals surface area contributed by atoms with Crippen molar-refractivity contribution in [1.29, 1.82) is 10.5 Å². The summed E-state index contributed by atoms with van der Waals surface area (Å²) in [4.78, 5) is 8.52. The van der Waals surface area contributed by atoms with Crippen LogP contribution in [0.5, 0.6) is 0 Å². The molecule has 0 aromatic rings. The first-order valence-corrected chi connectivity index (χ1v) is 8.02. The zero-order valence-corrected chi connectivity index (χ0v) is 12.9. The van der Waals surface area contributed by atoms with Crippen LogP contribution in [0.1, 0.15) is 6.92 Å². The van der Waals surface area contributed by atoms with Gasteiger partial charge in [0, 0.05) is 0 Å². The Morgan fingerprint density at radius 3 is 1.61 bits per heavy atom. The maximum absolute atomic E-state index is 11.2. The van der Waals surface area contributed by atoms with Gasteiger partial charge in [-0.15, -0.1) is 0 Å². The van der Waals surface area contributed by atoms with Crippen molar-refractivity contribution < 1.29 is 18.5 Å². The van der Waals surface area contributed by atoms with Gasteiger partial charge in [-0.25, -0.2) is 9.34 Å². The molecule has 2 unspecified atom stereocenters. The molecule has 8 nitrogen and oxygen atoms in total. The summed E-state index contributed by atoms with van der Waals surface area (Å²) in [6.45, 7) is 2.00. The third kappa shape index (κ3) is 6.88. The highest BCUT2D eigenvalue weighted by atomic mass is 31.2. The summed E-state index contributed by atoms with van der Waals surface area (Å²) >= 11 is 0. The van der Waals surface area contributed by atoms with Gasteiger partial charge in [-0.05, 0) is 35.1 Å². The van der Waals surface area contributed by atoms with Gasteiger partial charge in [0.25, 0.3) is 0 Å². The second-order valence-corrected chi connectivity index (χ2v) is 7.76. The molecule has 0 aliphatic heterocycles. The Bertz CT molecular complexity index is 424. The van der Waals surface area contributed by atoms with Crippen LogP contribution in [0.15, 0.2) is 0 Å². The highest BCUT2D eigenvalue weighted by molar-refractivity contribution is 7.61. The van der Waals surface area contributed by atoms with Crippen LogP contribution in [0.25, 0.3) is 0 Å². The van der Waals surface area contributed by atoms with Gasteiger partial charge in [-0.1, -0.05) is 0 Å². The highest BCUT2D eigenvalue weighted by Gasteiger charge is 2.24. The van der Waals surface area contributed by atoms with E-state index in [1.807, 2.05) is 0 Å². The monoisotopic (exact) mass is 296 g/mol. The van der Waals surface area contributed by atoms with Crippen LogP contribution >= 0.6 is 15.0 Å². The molecule has 0 rings (SSSR count). The van der Waals surface area contributed by atoms with E-state index in [2.05, 4.69) is 0 Å². The average Bonchev–Trinajstić information content (AvgIpc) is 2.29. The fourth-order valence-electron chi connectivity index (χ4n) is 0.498. The lowest BCUT2D eigenvalue weighted by atomic mass is 10.9. The Kier molecular flexibility index (Phi) is 9.15. The first-order valence-electron chi connectivity index (χ1n) is 4.83. The summed E-state index contributed by atoms with van der Waals surface area (Å²) in [6.07, 6.45) is 0. The minimum atomic E-state index is -3.61. The third-order valence-electron chi connectivity index (χ3n) is 1.63. The molecule has 0 aromatic heterocycles. The third-order valence-corrected chi connectivity index (χ3v) is 4.89. The second kappa shape index (κ2) is 8.39. The SMILES string of the molecule is CCOP(=O)(C#N)N(C)C.CN(C)P(=O)(O)C#N. The summed E-state index contributed by atoms with van der Waals surface area (Å²) in [7, 11) is -0.871. The lowest BCUT2D eigenvalue weighted by Gasteiger charge is -2.15. The molecule has 2 atom stereocenters. The van der Waals surface area contributed by atoms with Gasteiger partial charge in [0.2, 0.25) is 0 Å². The molecule has 0 amide bonds. The zero-order chi connectivity index (χ0) is 15.0. The van der Waals surface area contributed by atoms with Crippen molar-refractivity contribution in [1.82, 2.24) is 9.34 Å². The minimum Gasteiger partial charge on any atom is -0.323 e. The van der Waals surface area contributed by atoms with E-state index in [1.165, 1.54) is 24.6 Å². The summed E-state index contributed by atoms with van der Waals surface area (Å²) < 4.78 is 28.7. The topological polar surface area (TPSA) is 118 Å². The Balaban J connectivity index is 0. The lowest BCUT2D eigenvalue weighted by molar-refractivity contribution is 0.307. The molecule has 10 heteroatoms. The van der Waals surface area contributed by atoms with Crippen LogP contribution in [0, 0.1) is 22.1 Å². The first-order chi connectivity index (χ1) is 8.07. The van der Waals surface area contributed by atoms with Crippen molar-refractivity contribution in [3.63, 3.8) is 0 Å². The quantitative estimate of drug-likeness (QED) is 0.775. The van der Waals surface area contributed by atoms with Crippen LogP contribution in [-0.4, -0.2) is 49.0 Å². The number of nitriles is 2. The van der Waals surface area contributed by atoms with E-state index in [0.717, 1.165) is 4.67 Å². The van der Waals surface area contributed by atoms with Gasteiger partial charge in [-0.3, -0.25) is 9.13 Å². The maximum atomic E-state index is 11.2. The highest BCUT2D eigenvalue weighted by Crippen LogP contribution is 2.46. The van der Waals surface area contributed by atoms with E-state index in [1.54, 1.807) is 26.8 Å². The Labute approximate surface area is 107 Å². The van der Waals surface area contributed by atoms with Gasteiger partial charge >= 0.3 is 15.0 Å². The molecule has 0 aromatic carbocycles. The van der Waals surface area contributed by atoms with Crippen LogP contribution in [0.2, 0.25) is 0 Å². The van der Waals surface area contributed by atoms with Crippen molar-refractivity contribution >= 4 is 15.0 Å². The Morgan fingerprint density at radius 1 is 1.11 bits per heavy atom. The molecular formula is C8H18N4O4P2. The van der Waals surface area contributed by atoms with E-state index in [-0.39, 0.29) is 0 Å². The molecule has 18 heavy (non-hydrogen) atoms. The van der Waals surface area contributed by atoms with Crippen molar-refractivity contribution in [3.8, 4) is 11.6 Å². The Morgan fingerprint density at radius 2 is 1.56 bits per heavy atom. The molecule has 0 fully saturated rings. The van der Waals surface area contributed by atoms with Crippen LogP contribution < -0.4 is 0 Å². The van der Waals surface area contributed by atoms with Crippen molar-refractivity contribution in [2.45, 2.75) is 6.92 Å². The molecule has 0 aliphatic carbocycles. The largest absolute Gasteiger partial charge is 0.370 e. The smallest absolute Gasteiger partial charge is 0.323 e. The zero-order valence-electron chi connectivity index (χ0n) is 11.1. The van der Waals surface area contributed by atoms with Crippen LogP contribution in [0.4, 0.5) is 0 Å². The van der Waals surface area contributed by atoms with E-state index in [0.29, 0.717) is 6.61 Å². The second-order valence-electron chi connectivity index (χ2n) is 3.38. The summed E-state index contributed by atoms with van der Waals surface area (Å²) in [5, 5.41) is 16.4. The molecule has 0 aliphatic rings. The Hall–Kier alpha value is -0.720.